The number of rotatable bonds is 9. The van der Waals surface area contributed by atoms with E-state index in [2.05, 4.69) is 0 Å². The zero-order chi connectivity index (χ0) is 14.3. The second kappa shape index (κ2) is 8.07. The molecule has 1 unspecified atom stereocenters. The van der Waals surface area contributed by atoms with Crippen LogP contribution in [0.2, 0.25) is 0 Å². The molecule has 0 aliphatic rings. The van der Waals surface area contributed by atoms with Gasteiger partial charge in [0.25, 0.3) is 0 Å². The highest BCUT2D eigenvalue weighted by Gasteiger charge is 2.40. The van der Waals surface area contributed by atoms with Gasteiger partial charge in [0.05, 0.1) is 25.2 Å². The summed E-state index contributed by atoms with van der Waals surface area (Å²) >= 11 is 0. The van der Waals surface area contributed by atoms with Gasteiger partial charge in [-0.15, -0.1) is 0 Å². The van der Waals surface area contributed by atoms with Crippen LogP contribution >= 0.6 is 0 Å². The number of nitrogens with zero attached hydrogens (tertiary/aromatic N) is 1. The molecular formula is C13H29NO4. The third kappa shape index (κ3) is 4.82. The van der Waals surface area contributed by atoms with Crippen molar-refractivity contribution in [3.8, 4) is 0 Å². The minimum Gasteiger partial charge on any atom is -0.395 e. The topological polar surface area (TPSA) is 84.2 Å². The maximum atomic E-state index is 10.4. The zero-order valence-electron chi connectivity index (χ0n) is 12.0. The molecule has 0 saturated heterocycles. The van der Waals surface area contributed by atoms with Crippen molar-refractivity contribution in [3.63, 3.8) is 0 Å². The summed E-state index contributed by atoms with van der Waals surface area (Å²) in [5.74, 6) is 0.708. The maximum absolute atomic E-state index is 10.4. The molecule has 0 fully saturated rings. The highest BCUT2D eigenvalue weighted by Crippen LogP contribution is 2.25. The van der Waals surface area contributed by atoms with Crippen molar-refractivity contribution in [2.24, 2.45) is 17.3 Å². The first-order chi connectivity index (χ1) is 8.32. The van der Waals surface area contributed by atoms with E-state index >= 15 is 0 Å². The van der Waals surface area contributed by atoms with Crippen LogP contribution in [0.5, 0.6) is 0 Å². The Bertz CT molecular complexity index is 199. The molecule has 0 heterocycles. The Kier molecular flexibility index (Phi) is 7.98. The summed E-state index contributed by atoms with van der Waals surface area (Å²) in [5, 5.41) is 38.4. The molecule has 0 aromatic rings. The molecule has 5 heteroatoms. The molecule has 0 aliphatic carbocycles. The Balaban J connectivity index is 4.95. The van der Waals surface area contributed by atoms with Crippen molar-refractivity contribution < 1.29 is 20.4 Å². The summed E-state index contributed by atoms with van der Waals surface area (Å²) in [6, 6.07) is 0. The number of hydrogen-bond donors (Lipinski definition) is 4. The van der Waals surface area contributed by atoms with Crippen LogP contribution in [0.15, 0.2) is 0 Å². The Labute approximate surface area is 110 Å². The number of hydrogen-bond acceptors (Lipinski definition) is 5. The van der Waals surface area contributed by atoms with Gasteiger partial charge < -0.3 is 20.4 Å². The van der Waals surface area contributed by atoms with Gasteiger partial charge in [-0.2, -0.15) is 0 Å². The SMILES string of the molecule is CC(C)CN(CC(C)C)C(O)C(CO)(CO)CO. The van der Waals surface area contributed by atoms with Gasteiger partial charge in [0.15, 0.2) is 0 Å². The average Bonchev–Trinajstić information content (AvgIpc) is 2.29. The van der Waals surface area contributed by atoms with E-state index < -0.39 is 31.5 Å². The number of aliphatic hydroxyl groups excluding tert-OH is 4. The van der Waals surface area contributed by atoms with Gasteiger partial charge in [0.1, 0.15) is 6.23 Å². The van der Waals surface area contributed by atoms with Gasteiger partial charge in [-0.3, -0.25) is 4.90 Å². The summed E-state index contributed by atoms with van der Waals surface area (Å²) in [7, 11) is 0. The first-order valence-corrected chi connectivity index (χ1v) is 6.57. The normalized spacial score (nSPS) is 14.8. The van der Waals surface area contributed by atoms with Gasteiger partial charge >= 0.3 is 0 Å². The van der Waals surface area contributed by atoms with Crippen LogP contribution in [-0.2, 0) is 0 Å². The molecule has 5 nitrogen and oxygen atoms in total. The van der Waals surface area contributed by atoms with Crippen LogP contribution in [-0.4, -0.2) is 64.5 Å². The highest BCUT2D eigenvalue weighted by atomic mass is 16.3. The molecule has 0 amide bonds. The Morgan fingerprint density at radius 3 is 1.39 bits per heavy atom. The second-order valence-electron chi connectivity index (χ2n) is 5.95. The van der Waals surface area contributed by atoms with Gasteiger partial charge in [0.2, 0.25) is 0 Å². The van der Waals surface area contributed by atoms with Crippen molar-refractivity contribution >= 4 is 0 Å². The Hall–Kier alpha value is -0.200. The fourth-order valence-electron chi connectivity index (χ4n) is 1.99. The summed E-state index contributed by atoms with van der Waals surface area (Å²) in [6.07, 6.45) is -1.05. The minimum absolute atomic E-state index is 0.354. The molecule has 0 saturated carbocycles. The second-order valence-corrected chi connectivity index (χ2v) is 5.95. The largest absolute Gasteiger partial charge is 0.395 e. The summed E-state index contributed by atoms with van der Waals surface area (Å²) < 4.78 is 0. The highest BCUT2D eigenvalue weighted by molar-refractivity contribution is 4.86. The summed E-state index contributed by atoms with van der Waals surface area (Å²) in [4.78, 5) is 1.82. The van der Waals surface area contributed by atoms with Crippen LogP contribution in [0.3, 0.4) is 0 Å². The Morgan fingerprint density at radius 1 is 0.833 bits per heavy atom. The molecule has 0 bridgehead atoms. The van der Waals surface area contributed by atoms with Crippen molar-refractivity contribution in [2.75, 3.05) is 32.9 Å². The zero-order valence-corrected chi connectivity index (χ0v) is 12.0. The summed E-state index contributed by atoms with van der Waals surface area (Å²) in [5.41, 5.74) is -1.27. The van der Waals surface area contributed by atoms with Crippen LogP contribution in [0.4, 0.5) is 0 Å². The molecule has 0 radical (unpaired) electrons. The predicted octanol–water partition coefficient (Wildman–Crippen LogP) is -0.118. The van der Waals surface area contributed by atoms with Crippen molar-refractivity contribution in [2.45, 2.75) is 33.9 Å². The molecule has 18 heavy (non-hydrogen) atoms. The van der Waals surface area contributed by atoms with Gasteiger partial charge in [-0.1, -0.05) is 27.7 Å². The van der Waals surface area contributed by atoms with Crippen molar-refractivity contribution in [1.29, 1.82) is 0 Å². The molecular weight excluding hydrogens is 234 g/mol. The van der Waals surface area contributed by atoms with E-state index in [1.165, 1.54) is 0 Å². The summed E-state index contributed by atoms with van der Waals surface area (Å²) in [6.45, 7) is 8.12. The lowest BCUT2D eigenvalue weighted by atomic mass is 9.87. The van der Waals surface area contributed by atoms with Gasteiger partial charge in [-0.05, 0) is 11.8 Å². The first-order valence-electron chi connectivity index (χ1n) is 6.57. The van der Waals surface area contributed by atoms with E-state index in [9.17, 15) is 20.4 Å². The lowest BCUT2D eigenvalue weighted by Crippen LogP contribution is -2.55. The molecule has 0 spiro atoms. The van der Waals surface area contributed by atoms with Crippen LogP contribution < -0.4 is 0 Å². The van der Waals surface area contributed by atoms with Gasteiger partial charge in [0, 0.05) is 13.1 Å². The van der Waals surface area contributed by atoms with E-state index in [1.54, 1.807) is 0 Å². The lowest BCUT2D eigenvalue weighted by Gasteiger charge is -2.41. The van der Waals surface area contributed by atoms with Crippen molar-refractivity contribution in [3.05, 3.63) is 0 Å². The van der Waals surface area contributed by atoms with E-state index in [4.69, 9.17) is 0 Å². The Morgan fingerprint density at radius 2 is 1.17 bits per heavy atom. The van der Waals surface area contributed by atoms with E-state index in [0.29, 0.717) is 24.9 Å². The average molecular weight is 263 g/mol. The standard InChI is InChI=1S/C13H29NO4/c1-10(2)5-14(6-11(3)4)12(18)13(7-15,8-16)9-17/h10-12,15-18H,5-9H2,1-4H3. The smallest absolute Gasteiger partial charge is 0.119 e. The lowest BCUT2D eigenvalue weighted by molar-refractivity contribution is -0.155. The molecule has 0 aromatic heterocycles. The predicted molar refractivity (Wildman–Crippen MR) is 70.9 cm³/mol. The monoisotopic (exact) mass is 263 g/mol. The molecule has 0 rings (SSSR count). The van der Waals surface area contributed by atoms with Crippen LogP contribution in [0.25, 0.3) is 0 Å². The quantitative estimate of drug-likeness (QED) is 0.436. The molecule has 110 valence electrons. The van der Waals surface area contributed by atoms with Crippen LogP contribution in [0.1, 0.15) is 27.7 Å². The fraction of sp³-hybridized carbons (Fsp3) is 1.00. The van der Waals surface area contributed by atoms with E-state index in [1.807, 2.05) is 32.6 Å². The van der Waals surface area contributed by atoms with Crippen molar-refractivity contribution in [1.82, 2.24) is 4.90 Å². The van der Waals surface area contributed by atoms with E-state index in [0.717, 1.165) is 0 Å². The molecule has 0 aliphatic heterocycles. The third-order valence-electron chi connectivity index (χ3n) is 3.04. The minimum atomic E-state index is -1.27. The molecule has 0 aromatic carbocycles. The van der Waals surface area contributed by atoms with Gasteiger partial charge in [-0.25, -0.2) is 0 Å². The number of aliphatic hydroxyl groups is 4. The third-order valence-corrected chi connectivity index (χ3v) is 3.04. The van der Waals surface area contributed by atoms with E-state index in [-0.39, 0.29) is 0 Å². The molecule has 1 atom stereocenters. The van der Waals surface area contributed by atoms with Crippen LogP contribution in [0, 0.1) is 17.3 Å². The first kappa shape index (κ1) is 17.8. The fourth-order valence-corrected chi connectivity index (χ4v) is 1.99. The maximum Gasteiger partial charge on any atom is 0.119 e. The molecule has 4 N–H and O–H groups in total.